The molecule has 1 aromatic carbocycles. The molecule has 2 aromatic rings. The number of hydrogen-bond donors (Lipinski definition) is 3. The lowest BCUT2D eigenvalue weighted by Gasteiger charge is -2.09. The van der Waals surface area contributed by atoms with Gasteiger partial charge in [-0.1, -0.05) is 6.07 Å². The number of nitrogens with one attached hydrogen (secondary N) is 2. The highest BCUT2D eigenvalue weighted by Gasteiger charge is 2.05. The zero-order chi connectivity index (χ0) is 14.4. The Labute approximate surface area is 124 Å². The van der Waals surface area contributed by atoms with Crippen molar-refractivity contribution < 1.29 is 4.39 Å². The lowest BCUT2D eigenvalue weighted by molar-refractivity contribution is 0.628. The summed E-state index contributed by atoms with van der Waals surface area (Å²) in [4.78, 5) is 8.46. The maximum Gasteiger partial charge on any atom is 0.229 e. The third-order valence-corrected chi connectivity index (χ3v) is 3.08. The van der Waals surface area contributed by atoms with Gasteiger partial charge in [0.2, 0.25) is 5.95 Å². The van der Waals surface area contributed by atoms with Crippen LogP contribution in [0.4, 0.5) is 21.8 Å². The maximum absolute atomic E-state index is 13.1. The van der Waals surface area contributed by atoms with E-state index in [0.29, 0.717) is 24.0 Å². The molecule has 106 valence electrons. The first-order valence-electron chi connectivity index (χ1n) is 6.18. The number of aromatic nitrogens is 2. The van der Waals surface area contributed by atoms with Crippen LogP contribution in [0.3, 0.4) is 0 Å². The molecule has 0 amide bonds. The van der Waals surface area contributed by atoms with Crippen molar-refractivity contribution in [3.63, 3.8) is 0 Å². The van der Waals surface area contributed by atoms with Crippen LogP contribution in [0.2, 0.25) is 0 Å². The quantitative estimate of drug-likeness (QED) is 0.705. The van der Waals surface area contributed by atoms with Gasteiger partial charge in [-0.05, 0) is 47.1 Å². The normalized spacial score (nSPS) is 10.3. The van der Waals surface area contributed by atoms with E-state index in [4.69, 9.17) is 5.73 Å². The van der Waals surface area contributed by atoms with Gasteiger partial charge in [-0.3, -0.25) is 0 Å². The molecule has 0 saturated carbocycles. The Morgan fingerprint density at radius 3 is 2.95 bits per heavy atom. The lowest BCUT2D eigenvalue weighted by Crippen LogP contribution is -2.10. The summed E-state index contributed by atoms with van der Waals surface area (Å²) in [6.45, 7) is 1.34. The lowest BCUT2D eigenvalue weighted by atomic mass is 10.3. The van der Waals surface area contributed by atoms with E-state index in [1.54, 1.807) is 18.3 Å². The SMILES string of the molecule is NCCCNc1nc(Nc2cccc(F)c2)ncc1Br. The Kier molecular flexibility index (Phi) is 5.25. The minimum Gasteiger partial charge on any atom is -0.369 e. The van der Waals surface area contributed by atoms with Gasteiger partial charge in [-0.25, -0.2) is 9.37 Å². The van der Waals surface area contributed by atoms with Crippen molar-refractivity contribution in [2.45, 2.75) is 6.42 Å². The second kappa shape index (κ2) is 7.16. The fourth-order valence-corrected chi connectivity index (χ4v) is 1.89. The summed E-state index contributed by atoms with van der Waals surface area (Å²) in [5, 5.41) is 6.11. The van der Waals surface area contributed by atoms with Crippen LogP contribution in [0.5, 0.6) is 0 Å². The summed E-state index contributed by atoms with van der Waals surface area (Å²) in [6, 6.07) is 6.13. The van der Waals surface area contributed by atoms with Gasteiger partial charge < -0.3 is 16.4 Å². The average molecular weight is 340 g/mol. The number of halogens is 2. The molecule has 0 atom stereocenters. The fourth-order valence-electron chi connectivity index (χ4n) is 1.56. The first-order chi connectivity index (χ1) is 9.69. The van der Waals surface area contributed by atoms with Crippen molar-refractivity contribution in [3.05, 3.63) is 40.8 Å². The highest BCUT2D eigenvalue weighted by molar-refractivity contribution is 9.10. The summed E-state index contributed by atoms with van der Waals surface area (Å²) >= 11 is 3.37. The molecular formula is C13H15BrFN5. The van der Waals surface area contributed by atoms with Crippen LogP contribution < -0.4 is 16.4 Å². The van der Waals surface area contributed by atoms with Crippen LogP contribution in [0.1, 0.15) is 6.42 Å². The Hall–Kier alpha value is -1.73. The number of rotatable bonds is 6. The molecule has 7 heteroatoms. The molecule has 5 nitrogen and oxygen atoms in total. The van der Waals surface area contributed by atoms with Crippen LogP contribution in [0.25, 0.3) is 0 Å². The van der Waals surface area contributed by atoms with Crippen LogP contribution in [-0.2, 0) is 0 Å². The first-order valence-corrected chi connectivity index (χ1v) is 6.97. The molecule has 2 rings (SSSR count). The molecule has 0 bridgehead atoms. The molecule has 0 saturated heterocycles. The van der Waals surface area contributed by atoms with E-state index >= 15 is 0 Å². The van der Waals surface area contributed by atoms with Crippen molar-refractivity contribution >= 4 is 33.4 Å². The van der Waals surface area contributed by atoms with Gasteiger partial charge in [0, 0.05) is 18.4 Å². The predicted molar refractivity (Wildman–Crippen MR) is 81.6 cm³/mol. The topological polar surface area (TPSA) is 75.9 Å². The van der Waals surface area contributed by atoms with Crippen molar-refractivity contribution in [1.82, 2.24) is 9.97 Å². The highest BCUT2D eigenvalue weighted by atomic mass is 79.9. The highest BCUT2D eigenvalue weighted by Crippen LogP contribution is 2.22. The maximum atomic E-state index is 13.1. The molecule has 4 N–H and O–H groups in total. The van der Waals surface area contributed by atoms with E-state index in [0.717, 1.165) is 17.4 Å². The Bertz CT molecular complexity index is 578. The molecule has 1 aromatic heterocycles. The monoisotopic (exact) mass is 339 g/mol. The number of anilines is 3. The van der Waals surface area contributed by atoms with Gasteiger partial charge in [0.25, 0.3) is 0 Å². The summed E-state index contributed by atoms with van der Waals surface area (Å²) in [5.41, 5.74) is 6.04. The molecule has 20 heavy (non-hydrogen) atoms. The zero-order valence-electron chi connectivity index (χ0n) is 10.7. The summed E-state index contributed by atoms with van der Waals surface area (Å²) in [7, 11) is 0. The third kappa shape index (κ3) is 4.14. The van der Waals surface area contributed by atoms with Crippen molar-refractivity contribution in [2.24, 2.45) is 5.73 Å². The van der Waals surface area contributed by atoms with E-state index in [9.17, 15) is 4.39 Å². The molecule has 0 aliphatic heterocycles. The average Bonchev–Trinajstić information content (AvgIpc) is 2.42. The van der Waals surface area contributed by atoms with Crippen molar-refractivity contribution in [1.29, 1.82) is 0 Å². The van der Waals surface area contributed by atoms with Crippen LogP contribution in [0.15, 0.2) is 34.9 Å². The standard InChI is InChI=1S/C13H15BrFN5/c14-11-8-18-13(20-12(11)17-6-2-5-16)19-10-4-1-3-9(15)7-10/h1,3-4,7-8H,2,5-6,16H2,(H2,17,18,19,20). The molecule has 0 aliphatic rings. The smallest absolute Gasteiger partial charge is 0.229 e. The van der Waals surface area contributed by atoms with E-state index in [1.165, 1.54) is 12.1 Å². The van der Waals surface area contributed by atoms with E-state index < -0.39 is 0 Å². The van der Waals surface area contributed by atoms with Gasteiger partial charge in [0.05, 0.1) is 4.47 Å². The summed E-state index contributed by atoms with van der Waals surface area (Å²) in [6.07, 6.45) is 2.49. The molecule has 0 spiro atoms. The molecule has 0 radical (unpaired) electrons. The summed E-state index contributed by atoms with van der Waals surface area (Å²) < 4.78 is 13.9. The fraction of sp³-hybridized carbons (Fsp3) is 0.231. The van der Waals surface area contributed by atoms with E-state index in [1.807, 2.05) is 0 Å². The molecule has 1 heterocycles. The first kappa shape index (κ1) is 14.7. The second-order valence-corrected chi connectivity index (χ2v) is 4.95. The van der Waals surface area contributed by atoms with Crippen LogP contribution in [-0.4, -0.2) is 23.1 Å². The van der Waals surface area contributed by atoms with E-state index in [2.05, 4.69) is 36.5 Å². The van der Waals surface area contributed by atoms with Gasteiger partial charge >= 0.3 is 0 Å². The zero-order valence-corrected chi connectivity index (χ0v) is 12.3. The molecule has 0 aliphatic carbocycles. The van der Waals surface area contributed by atoms with Crippen molar-refractivity contribution in [2.75, 3.05) is 23.7 Å². The minimum absolute atomic E-state index is 0.312. The second-order valence-electron chi connectivity index (χ2n) is 4.09. The van der Waals surface area contributed by atoms with Gasteiger partial charge in [-0.2, -0.15) is 4.98 Å². The van der Waals surface area contributed by atoms with Gasteiger partial charge in [-0.15, -0.1) is 0 Å². The van der Waals surface area contributed by atoms with Gasteiger partial charge in [0.15, 0.2) is 0 Å². The van der Waals surface area contributed by atoms with Crippen LogP contribution in [0, 0.1) is 5.82 Å². The summed E-state index contributed by atoms with van der Waals surface area (Å²) in [5.74, 6) is 0.759. The molecule has 0 fully saturated rings. The number of hydrogen-bond acceptors (Lipinski definition) is 5. The molecule has 0 unspecified atom stereocenters. The van der Waals surface area contributed by atoms with Gasteiger partial charge in [0.1, 0.15) is 11.6 Å². The molecular weight excluding hydrogens is 325 g/mol. The minimum atomic E-state index is -0.312. The van der Waals surface area contributed by atoms with Crippen LogP contribution >= 0.6 is 15.9 Å². The Balaban J connectivity index is 2.10. The number of nitrogens with zero attached hydrogens (tertiary/aromatic N) is 2. The third-order valence-electron chi connectivity index (χ3n) is 2.50. The van der Waals surface area contributed by atoms with Crippen molar-refractivity contribution in [3.8, 4) is 0 Å². The Morgan fingerprint density at radius 2 is 2.20 bits per heavy atom. The largest absolute Gasteiger partial charge is 0.369 e. The number of benzene rings is 1. The predicted octanol–water partition coefficient (Wildman–Crippen LogP) is 2.88. The number of nitrogens with two attached hydrogens (primary N) is 1. The van der Waals surface area contributed by atoms with E-state index in [-0.39, 0.29) is 5.82 Å². The Morgan fingerprint density at radius 1 is 1.35 bits per heavy atom.